The number of carbonyl (C=O) groups is 1. The molecule has 0 aromatic heterocycles. The van der Waals surface area contributed by atoms with E-state index in [0.29, 0.717) is 32.0 Å². The third kappa shape index (κ3) is 5.73. The van der Waals surface area contributed by atoms with Crippen LogP contribution in [0.4, 0.5) is 23.2 Å². The average Bonchev–Trinajstić information content (AvgIpc) is 2.71. The predicted octanol–water partition coefficient (Wildman–Crippen LogP) is 4.75. The van der Waals surface area contributed by atoms with Crippen LogP contribution in [-0.4, -0.2) is 38.4 Å². The zero-order valence-corrected chi connectivity index (χ0v) is 16.5. The molecular weight excluding hydrogens is 424 g/mol. The fraction of sp³-hybridized carbons (Fsp3) is 0.286. The Kier molecular flexibility index (Phi) is 6.99. The van der Waals surface area contributed by atoms with Crippen molar-refractivity contribution in [1.29, 1.82) is 0 Å². The lowest BCUT2D eigenvalue weighted by Gasteiger charge is -2.30. The van der Waals surface area contributed by atoms with Crippen LogP contribution in [0.15, 0.2) is 48.5 Å². The zero-order chi connectivity index (χ0) is 21.7. The van der Waals surface area contributed by atoms with E-state index in [1.54, 1.807) is 6.07 Å². The number of halogens is 5. The Bertz CT molecular complexity index is 927. The Morgan fingerprint density at radius 1 is 1.17 bits per heavy atom. The molecule has 1 amide bonds. The van der Waals surface area contributed by atoms with Crippen LogP contribution in [0, 0.1) is 5.82 Å². The minimum atomic E-state index is -4.71. The molecule has 1 N–H and O–H groups in total. The lowest BCUT2D eigenvalue weighted by atomic mass is 10.0. The lowest BCUT2D eigenvalue weighted by molar-refractivity contribution is -0.162. The fourth-order valence-corrected chi connectivity index (χ4v) is 3.23. The van der Waals surface area contributed by atoms with E-state index < -0.39 is 23.9 Å². The van der Waals surface area contributed by atoms with Crippen molar-refractivity contribution < 1.29 is 27.1 Å². The van der Waals surface area contributed by atoms with Crippen molar-refractivity contribution in [1.82, 2.24) is 5.32 Å². The molecule has 1 atom stereocenters. The molecule has 2 aromatic rings. The van der Waals surface area contributed by atoms with Gasteiger partial charge in [-0.15, -0.1) is 0 Å². The highest BCUT2D eigenvalue weighted by Crippen LogP contribution is 2.34. The highest BCUT2D eigenvalue weighted by molar-refractivity contribution is 6.30. The van der Waals surface area contributed by atoms with Gasteiger partial charge in [-0.25, -0.2) is 4.39 Å². The van der Waals surface area contributed by atoms with Crippen LogP contribution in [0.2, 0.25) is 5.02 Å². The predicted molar refractivity (Wildman–Crippen MR) is 107 cm³/mol. The number of morpholine rings is 1. The van der Waals surface area contributed by atoms with Gasteiger partial charge in [-0.1, -0.05) is 29.8 Å². The van der Waals surface area contributed by atoms with Crippen LogP contribution in [0.25, 0.3) is 6.08 Å². The third-order valence-electron chi connectivity index (χ3n) is 4.57. The molecule has 160 valence electrons. The molecule has 0 aliphatic carbocycles. The molecule has 0 spiro atoms. The Morgan fingerprint density at radius 3 is 2.57 bits per heavy atom. The van der Waals surface area contributed by atoms with Gasteiger partial charge in [0.15, 0.2) is 6.04 Å². The topological polar surface area (TPSA) is 41.6 Å². The van der Waals surface area contributed by atoms with Crippen LogP contribution >= 0.6 is 11.6 Å². The summed E-state index contributed by atoms with van der Waals surface area (Å²) in [4.78, 5) is 14.1. The molecule has 9 heteroatoms. The summed E-state index contributed by atoms with van der Waals surface area (Å²) in [5.74, 6) is -1.68. The number of nitrogens with one attached hydrogen (secondary N) is 1. The molecule has 0 radical (unpaired) electrons. The molecule has 30 heavy (non-hydrogen) atoms. The fourth-order valence-electron chi connectivity index (χ4n) is 3.07. The molecule has 1 aliphatic rings. The van der Waals surface area contributed by atoms with Gasteiger partial charge in [0.2, 0.25) is 5.91 Å². The first-order valence-electron chi connectivity index (χ1n) is 9.17. The summed E-state index contributed by atoms with van der Waals surface area (Å²) in [6, 6.07) is 7.54. The van der Waals surface area contributed by atoms with Gasteiger partial charge in [-0.3, -0.25) is 4.79 Å². The van der Waals surface area contributed by atoms with Crippen molar-refractivity contribution in [3.63, 3.8) is 0 Å². The van der Waals surface area contributed by atoms with Crippen molar-refractivity contribution in [3.8, 4) is 0 Å². The van der Waals surface area contributed by atoms with Crippen LogP contribution in [0.5, 0.6) is 0 Å². The number of alkyl halides is 3. The Morgan fingerprint density at radius 2 is 1.90 bits per heavy atom. The number of anilines is 1. The normalized spacial score (nSPS) is 16.0. The van der Waals surface area contributed by atoms with Gasteiger partial charge in [0.1, 0.15) is 5.82 Å². The summed E-state index contributed by atoms with van der Waals surface area (Å²) < 4.78 is 60.0. The second kappa shape index (κ2) is 9.49. The van der Waals surface area contributed by atoms with E-state index >= 15 is 0 Å². The van der Waals surface area contributed by atoms with Gasteiger partial charge in [-0.05, 0) is 35.9 Å². The van der Waals surface area contributed by atoms with Gasteiger partial charge in [0.25, 0.3) is 0 Å². The van der Waals surface area contributed by atoms with Crippen molar-refractivity contribution in [2.24, 2.45) is 0 Å². The quantitative estimate of drug-likeness (QED) is 0.537. The van der Waals surface area contributed by atoms with E-state index in [4.69, 9.17) is 16.3 Å². The molecule has 3 rings (SSSR count). The number of benzene rings is 2. The number of amides is 1. The van der Waals surface area contributed by atoms with Crippen molar-refractivity contribution in [3.05, 3.63) is 70.5 Å². The van der Waals surface area contributed by atoms with E-state index in [9.17, 15) is 22.4 Å². The lowest BCUT2D eigenvalue weighted by Crippen LogP contribution is -2.38. The minimum absolute atomic E-state index is 0.0347. The van der Waals surface area contributed by atoms with Crippen molar-refractivity contribution >= 4 is 29.3 Å². The minimum Gasteiger partial charge on any atom is -0.378 e. The smallest absolute Gasteiger partial charge is 0.378 e. The van der Waals surface area contributed by atoms with Gasteiger partial charge >= 0.3 is 6.18 Å². The van der Waals surface area contributed by atoms with E-state index in [1.807, 2.05) is 10.2 Å². The zero-order valence-electron chi connectivity index (χ0n) is 15.8. The summed E-state index contributed by atoms with van der Waals surface area (Å²) in [7, 11) is 0. The maximum absolute atomic E-state index is 13.8. The van der Waals surface area contributed by atoms with Crippen LogP contribution in [0.1, 0.15) is 17.2 Å². The second-order valence-electron chi connectivity index (χ2n) is 6.68. The second-order valence-corrected chi connectivity index (χ2v) is 7.11. The summed E-state index contributed by atoms with van der Waals surface area (Å²) in [6.45, 7) is 2.13. The van der Waals surface area contributed by atoms with Crippen molar-refractivity contribution in [2.45, 2.75) is 12.2 Å². The molecule has 1 heterocycles. The van der Waals surface area contributed by atoms with Crippen LogP contribution < -0.4 is 10.2 Å². The average molecular weight is 443 g/mol. The van der Waals surface area contributed by atoms with Gasteiger partial charge in [0, 0.05) is 35.4 Å². The van der Waals surface area contributed by atoms with Gasteiger partial charge in [0.05, 0.1) is 13.2 Å². The number of hydrogen-bond acceptors (Lipinski definition) is 3. The molecule has 1 aliphatic heterocycles. The number of ether oxygens (including phenoxy) is 1. The molecule has 1 unspecified atom stereocenters. The summed E-state index contributed by atoms with van der Waals surface area (Å²) in [6.07, 6.45) is -2.76. The maximum Gasteiger partial charge on any atom is 0.412 e. The third-order valence-corrected chi connectivity index (χ3v) is 4.81. The molecule has 2 aromatic carbocycles. The maximum atomic E-state index is 13.8. The molecule has 1 fully saturated rings. The number of carbonyl (C=O) groups excluding carboxylic acids is 1. The summed E-state index contributed by atoms with van der Waals surface area (Å²) in [5, 5.41) is 2.13. The van der Waals surface area contributed by atoms with E-state index in [-0.39, 0.29) is 16.1 Å². The highest BCUT2D eigenvalue weighted by atomic mass is 35.5. The summed E-state index contributed by atoms with van der Waals surface area (Å²) in [5.41, 5.74) is 0.566. The first-order chi connectivity index (χ1) is 14.2. The largest absolute Gasteiger partial charge is 0.412 e. The van der Waals surface area contributed by atoms with Crippen molar-refractivity contribution in [2.75, 3.05) is 31.2 Å². The Hall–Kier alpha value is -2.58. The van der Waals surface area contributed by atoms with E-state index in [1.165, 1.54) is 30.3 Å². The monoisotopic (exact) mass is 442 g/mol. The number of nitrogens with zero attached hydrogens (tertiary/aromatic N) is 1. The van der Waals surface area contributed by atoms with E-state index in [0.717, 1.165) is 18.2 Å². The molecule has 0 bridgehead atoms. The molecule has 4 nitrogen and oxygen atoms in total. The number of hydrogen-bond donors (Lipinski definition) is 1. The van der Waals surface area contributed by atoms with E-state index in [2.05, 4.69) is 0 Å². The number of rotatable bonds is 5. The molecular formula is C21H19ClF4N2O2. The highest BCUT2D eigenvalue weighted by Gasteiger charge is 2.41. The Labute approximate surface area is 176 Å². The van der Waals surface area contributed by atoms with Crippen LogP contribution in [0.3, 0.4) is 0 Å². The first-order valence-corrected chi connectivity index (χ1v) is 9.55. The molecule has 0 saturated carbocycles. The van der Waals surface area contributed by atoms with Crippen LogP contribution in [-0.2, 0) is 9.53 Å². The first kappa shape index (κ1) is 22.1. The standard InChI is InChI=1S/C21H19ClF4N2O2/c22-16-6-4-14(18(23)13-16)5-7-19(29)27-20(21(24,25)26)15-2-1-3-17(12-15)28-8-10-30-11-9-28/h1-7,12-13,20H,8-11H2,(H,27,29). The van der Waals surface area contributed by atoms with Gasteiger partial charge < -0.3 is 15.0 Å². The molecule has 1 saturated heterocycles. The summed E-state index contributed by atoms with van der Waals surface area (Å²) >= 11 is 5.66. The Balaban J connectivity index is 1.78. The van der Waals surface area contributed by atoms with Gasteiger partial charge in [-0.2, -0.15) is 13.2 Å². The SMILES string of the molecule is O=C(C=Cc1ccc(Cl)cc1F)NC(c1cccc(N2CCOCC2)c1)C(F)(F)F.